The zero-order chi connectivity index (χ0) is 9.42. The molecule has 0 bridgehead atoms. The second kappa shape index (κ2) is 2.58. The van der Waals surface area contributed by atoms with Gasteiger partial charge in [0.05, 0.1) is 7.11 Å². The third-order valence-electron chi connectivity index (χ3n) is 1.68. The van der Waals surface area contributed by atoms with Crippen molar-refractivity contribution in [3.05, 3.63) is 22.1 Å². The lowest BCUT2D eigenvalue weighted by atomic mass is 10.4. The molecule has 1 N–H and O–H groups in total. The number of rotatable bonds is 1. The standard InChI is InChI=1S/C7H8N4O2/c1-4-3-5(12)8-6-9-7(13-2)10-11(4)6/h3H,1-2H3,(H,8,9,10,12). The molecule has 0 fully saturated rings. The molecular weight excluding hydrogens is 172 g/mol. The molecule has 0 saturated carbocycles. The maximum atomic E-state index is 11.0. The van der Waals surface area contributed by atoms with Gasteiger partial charge < -0.3 is 4.74 Å². The van der Waals surface area contributed by atoms with Crippen molar-refractivity contribution in [3.63, 3.8) is 0 Å². The van der Waals surface area contributed by atoms with E-state index in [9.17, 15) is 4.79 Å². The topological polar surface area (TPSA) is 72.3 Å². The third kappa shape index (κ3) is 1.16. The van der Waals surface area contributed by atoms with Crippen LogP contribution in [0.15, 0.2) is 10.9 Å². The lowest BCUT2D eigenvalue weighted by molar-refractivity contribution is 0.380. The van der Waals surface area contributed by atoms with Crippen molar-refractivity contribution in [2.45, 2.75) is 6.92 Å². The van der Waals surface area contributed by atoms with Gasteiger partial charge in [-0.15, -0.1) is 5.10 Å². The van der Waals surface area contributed by atoms with Crippen LogP contribution in [0.1, 0.15) is 5.69 Å². The Morgan fingerprint density at radius 3 is 3.08 bits per heavy atom. The van der Waals surface area contributed by atoms with Gasteiger partial charge in [-0.05, 0) is 6.92 Å². The average Bonchev–Trinajstić information content (AvgIpc) is 2.47. The Bertz CT molecular complexity index is 499. The first kappa shape index (κ1) is 7.78. The van der Waals surface area contributed by atoms with Gasteiger partial charge in [-0.25, -0.2) is 0 Å². The molecule has 2 heterocycles. The number of nitrogens with zero attached hydrogens (tertiary/aromatic N) is 3. The number of nitrogens with one attached hydrogen (secondary N) is 1. The summed E-state index contributed by atoms with van der Waals surface area (Å²) in [6.07, 6.45) is 0. The van der Waals surface area contributed by atoms with Gasteiger partial charge in [0.25, 0.3) is 5.56 Å². The van der Waals surface area contributed by atoms with Crippen LogP contribution < -0.4 is 10.3 Å². The van der Waals surface area contributed by atoms with Crippen molar-refractivity contribution < 1.29 is 4.74 Å². The molecule has 6 heteroatoms. The van der Waals surface area contributed by atoms with E-state index in [0.717, 1.165) is 5.69 Å². The first-order chi connectivity index (χ1) is 6.20. The van der Waals surface area contributed by atoms with Crippen molar-refractivity contribution in [2.75, 3.05) is 7.11 Å². The fourth-order valence-corrected chi connectivity index (χ4v) is 1.10. The third-order valence-corrected chi connectivity index (χ3v) is 1.68. The Hall–Kier alpha value is -1.85. The molecule has 0 radical (unpaired) electrons. The number of fused-ring (bicyclic) bond motifs is 1. The monoisotopic (exact) mass is 180 g/mol. The second-order valence-corrected chi connectivity index (χ2v) is 2.61. The first-order valence-corrected chi connectivity index (χ1v) is 3.71. The Morgan fingerprint density at radius 2 is 2.38 bits per heavy atom. The number of aromatic nitrogens is 4. The maximum Gasteiger partial charge on any atom is 0.337 e. The summed E-state index contributed by atoms with van der Waals surface area (Å²) in [4.78, 5) is 17.5. The summed E-state index contributed by atoms with van der Waals surface area (Å²) < 4.78 is 6.34. The molecule has 68 valence electrons. The minimum atomic E-state index is -0.194. The molecule has 0 atom stereocenters. The minimum Gasteiger partial charge on any atom is -0.466 e. The highest BCUT2D eigenvalue weighted by atomic mass is 16.5. The van der Waals surface area contributed by atoms with E-state index in [1.54, 1.807) is 6.92 Å². The SMILES string of the molecule is COc1nc2[nH]c(=O)cc(C)n2n1. The quantitative estimate of drug-likeness (QED) is 0.656. The van der Waals surface area contributed by atoms with Crippen LogP contribution in [0.4, 0.5) is 0 Å². The maximum absolute atomic E-state index is 11.0. The molecular formula is C7H8N4O2. The predicted molar refractivity (Wildman–Crippen MR) is 44.9 cm³/mol. The zero-order valence-electron chi connectivity index (χ0n) is 7.24. The summed E-state index contributed by atoms with van der Waals surface area (Å²) in [5, 5.41) is 3.99. The van der Waals surface area contributed by atoms with Crippen molar-refractivity contribution in [1.29, 1.82) is 0 Å². The fourth-order valence-electron chi connectivity index (χ4n) is 1.10. The minimum absolute atomic E-state index is 0.194. The van der Waals surface area contributed by atoms with Gasteiger partial charge in [-0.1, -0.05) is 0 Å². The van der Waals surface area contributed by atoms with Gasteiger partial charge in [0.1, 0.15) is 0 Å². The fraction of sp³-hybridized carbons (Fsp3) is 0.286. The largest absolute Gasteiger partial charge is 0.466 e. The van der Waals surface area contributed by atoms with Crippen LogP contribution in [-0.4, -0.2) is 26.7 Å². The van der Waals surface area contributed by atoms with E-state index in [1.807, 2.05) is 0 Å². The summed E-state index contributed by atoms with van der Waals surface area (Å²) in [6, 6.07) is 1.69. The highest BCUT2D eigenvalue weighted by molar-refractivity contribution is 5.29. The van der Waals surface area contributed by atoms with E-state index in [2.05, 4.69) is 15.1 Å². The molecule has 2 aromatic rings. The van der Waals surface area contributed by atoms with E-state index >= 15 is 0 Å². The molecule has 0 aliphatic rings. The van der Waals surface area contributed by atoms with Crippen LogP contribution >= 0.6 is 0 Å². The molecule has 2 rings (SSSR count). The van der Waals surface area contributed by atoms with Crippen molar-refractivity contribution in [2.24, 2.45) is 0 Å². The molecule has 0 aliphatic heterocycles. The van der Waals surface area contributed by atoms with Crippen LogP contribution in [0, 0.1) is 6.92 Å². The summed E-state index contributed by atoms with van der Waals surface area (Å²) >= 11 is 0. The van der Waals surface area contributed by atoms with Crippen LogP contribution in [0.5, 0.6) is 6.01 Å². The lowest BCUT2D eigenvalue weighted by Gasteiger charge is -1.93. The predicted octanol–water partition coefficient (Wildman–Crippen LogP) is -0.265. The van der Waals surface area contributed by atoms with E-state index in [-0.39, 0.29) is 11.6 Å². The van der Waals surface area contributed by atoms with Gasteiger partial charge in [0, 0.05) is 11.8 Å². The summed E-state index contributed by atoms with van der Waals surface area (Å²) in [5.41, 5.74) is 0.523. The van der Waals surface area contributed by atoms with Crippen LogP contribution in [0.3, 0.4) is 0 Å². The highest BCUT2D eigenvalue weighted by Crippen LogP contribution is 2.04. The van der Waals surface area contributed by atoms with Gasteiger partial charge in [-0.2, -0.15) is 9.50 Å². The van der Waals surface area contributed by atoms with E-state index in [4.69, 9.17) is 4.74 Å². The van der Waals surface area contributed by atoms with Crippen molar-refractivity contribution >= 4 is 5.78 Å². The van der Waals surface area contributed by atoms with E-state index in [0.29, 0.717) is 5.78 Å². The number of H-pyrrole nitrogens is 1. The number of aryl methyl sites for hydroxylation is 1. The van der Waals surface area contributed by atoms with Crippen molar-refractivity contribution in [1.82, 2.24) is 19.6 Å². The summed E-state index contributed by atoms with van der Waals surface area (Å²) in [7, 11) is 1.47. The Labute approximate surface area is 73.2 Å². The normalized spacial score (nSPS) is 10.6. The Kier molecular flexibility index (Phi) is 1.54. The molecule has 0 amide bonds. The molecule has 0 saturated heterocycles. The van der Waals surface area contributed by atoms with Crippen molar-refractivity contribution in [3.8, 4) is 6.01 Å². The van der Waals surface area contributed by atoms with Gasteiger partial charge in [0.2, 0.25) is 5.78 Å². The molecule has 0 aliphatic carbocycles. The van der Waals surface area contributed by atoms with Crippen LogP contribution in [0.2, 0.25) is 0 Å². The molecule has 13 heavy (non-hydrogen) atoms. The Balaban J connectivity index is 2.83. The highest BCUT2D eigenvalue weighted by Gasteiger charge is 2.05. The summed E-state index contributed by atoms with van der Waals surface area (Å²) in [6.45, 7) is 1.77. The first-order valence-electron chi connectivity index (χ1n) is 3.71. The van der Waals surface area contributed by atoms with Gasteiger partial charge >= 0.3 is 6.01 Å². The molecule has 0 spiro atoms. The van der Waals surface area contributed by atoms with Gasteiger partial charge in [0.15, 0.2) is 0 Å². The Morgan fingerprint density at radius 1 is 1.62 bits per heavy atom. The molecule has 6 nitrogen and oxygen atoms in total. The second-order valence-electron chi connectivity index (χ2n) is 2.61. The van der Waals surface area contributed by atoms with Crippen LogP contribution in [0.25, 0.3) is 5.78 Å². The number of methoxy groups -OCH3 is 1. The van der Waals surface area contributed by atoms with Gasteiger partial charge in [-0.3, -0.25) is 9.78 Å². The summed E-state index contributed by atoms with van der Waals surface area (Å²) in [5.74, 6) is 0.391. The lowest BCUT2D eigenvalue weighted by Crippen LogP contribution is -2.09. The zero-order valence-corrected chi connectivity index (χ0v) is 7.24. The number of hydrogen-bond acceptors (Lipinski definition) is 4. The molecule has 0 aromatic carbocycles. The number of aromatic amines is 1. The van der Waals surface area contributed by atoms with Crippen LogP contribution in [-0.2, 0) is 0 Å². The number of ether oxygens (including phenoxy) is 1. The van der Waals surface area contributed by atoms with E-state index in [1.165, 1.54) is 17.7 Å². The molecule has 2 aromatic heterocycles. The number of hydrogen-bond donors (Lipinski definition) is 1. The average molecular weight is 180 g/mol. The smallest absolute Gasteiger partial charge is 0.337 e. The van der Waals surface area contributed by atoms with E-state index < -0.39 is 0 Å². The molecule has 0 unspecified atom stereocenters.